The molecule has 9 nitrogen and oxygen atoms in total. The number of hydrogen-bond donors (Lipinski definition) is 2. The minimum absolute atomic E-state index is 0.252. The molecule has 0 radical (unpaired) electrons. The lowest BCUT2D eigenvalue weighted by Gasteiger charge is -2.26. The van der Waals surface area contributed by atoms with Crippen molar-refractivity contribution in [3.05, 3.63) is 87.9 Å². The Morgan fingerprint density at radius 3 is 2.43 bits per heavy atom. The lowest BCUT2D eigenvalue weighted by Crippen LogP contribution is -2.54. The maximum Gasteiger partial charge on any atom is 0.335 e. The molecule has 1 aliphatic rings. The molecule has 0 saturated carbocycles. The third-order valence-electron chi connectivity index (χ3n) is 5.19. The monoisotopic (exact) mass is 539 g/mol. The van der Waals surface area contributed by atoms with E-state index in [-0.39, 0.29) is 29.4 Å². The number of urea groups is 1. The third-order valence-corrected chi connectivity index (χ3v) is 5.77. The number of hydrogen-bond acceptors (Lipinski definition) is 6. The van der Waals surface area contributed by atoms with Gasteiger partial charge in [-0.05, 0) is 60.2 Å². The Kier molecular flexibility index (Phi) is 7.76. The number of methoxy groups -OCH3 is 1. The van der Waals surface area contributed by atoms with Crippen LogP contribution >= 0.6 is 23.2 Å². The molecule has 1 saturated heterocycles. The number of nitrogens with zero attached hydrogens (tertiary/aromatic N) is 1. The second kappa shape index (κ2) is 11.2. The van der Waals surface area contributed by atoms with Gasteiger partial charge in [0.05, 0.1) is 23.5 Å². The first kappa shape index (κ1) is 25.7. The predicted octanol–water partition coefficient (Wildman–Crippen LogP) is 4.69. The maximum absolute atomic E-state index is 13.0. The van der Waals surface area contributed by atoms with Crippen molar-refractivity contribution in [2.75, 3.05) is 23.9 Å². The highest BCUT2D eigenvalue weighted by Gasteiger charge is 2.36. The smallest absolute Gasteiger partial charge is 0.335 e. The summed E-state index contributed by atoms with van der Waals surface area (Å²) in [6.45, 7) is -0.318. The zero-order chi connectivity index (χ0) is 26.5. The first-order valence-corrected chi connectivity index (χ1v) is 11.5. The van der Waals surface area contributed by atoms with Gasteiger partial charge in [-0.2, -0.15) is 0 Å². The number of carbonyl (C=O) groups is 4. The number of benzene rings is 3. The topological polar surface area (TPSA) is 114 Å². The van der Waals surface area contributed by atoms with Crippen LogP contribution in [0.2, 0.25) is 10.0 Å². The standard InChI is InChI=1S/C26H19Cl2N3O6/c1-36-22-13-15(6-11-21(22)37-14-23(32)29-20-5-3-2-4-19(20)28)12-18-24(33)30-26(35)31(25(18)34)17-9-7-16(27)8-10-17/h2-13H,14H2,1H3,(H,29,32)(H,30,33,35)/b18-12-. The van der Waals surface area contributed by atoms with E-state index in [1.165, 1.54) is 49.6 Å². The summed E-state index contributed by atoms with van der Waals surface area (Å²) in [4.78, 5) is 50.9. The molecule has 3 aromatic carbocycles. The number of carbonyl (C=O) groups excluding carboxylic acids is 4. The van der Waals surface area contributed by atoms with Crippen LogP contribution in [0.15, 0.2) is 72.3 Å². The normalized spacial score (nSPS) is 14.4. The fourth-order valence-electron chi connectivity index (χ4n) is 3.43. The summed E-state index contributed by atoms with van der Waals surface area (Å²) in [5.74, 6) is -1.55. The molecule has 0 atom stereocenters. The van der Waals surface area contributed by atoms with Gasteiger partial charge in [-0.15, -0.1) is 0 Å². The van der Waals surface area contributed by atoms with Crippen LogP contribution in [0.4, 0.5) is 16.2 Å². The van der Waals surface area contributed by atoms with Crippen LogP contribution in [0.3, 0.4) is 0 Å². The minimum atomic E-state index is -0.870. The highest BCUT2D eigenvalue weighted by molar-refractivity contribution is 6.39. The second-order valence-corrected chi connectivity index (χ2v) is 8.50. The molecule has 0 unspecified atom stereocenters. The van der Waals surface area contributed by atoms with Crippen molar-refractivity contribution in [3.63, 3.8) is 0 Å². The summed E-state index contributed by atoms with van der Waals surface area (Å²) < 4.78 is 10.9. The van der Waals surface area contributed by atoms with Crippen LogP contribution < -0.4 is 25.0 Å². The Labute approximate surface area is 221 Å². The van der Waals surface area contributed by atoms with Gasteiger partial charge in [-0.1, -0.05) is 41.4 Å². The van der Waals surface area contributed by atoms with Crippen LogP contribution in [-0.2, 0) is 14.4 Å². The van der Waals surface area contributed by atoms with Crippen LogP contribution in [0.5, 0.6) is 11.5 Å². The van der Waals surface area contributed by atoms with E-state index >= 15 is 0 Å². The second-order valence-electron chi connectivity index (χ2n) is 7.66. The minimum Gasteiger partial charge on any atom is -0.493 e. The third kappa shape index (κ3) is 5.91. The zero-order valence-electron chi connectivity index (χ0n) is 19.3. The largest absolute Gasteiger partial charge is 0.493 e. The van der Waals surface area contributed by atoms with Gasteiger partial charge >= 0.3 is 6.03 Å². The average Bonchev–Trinajstić information content (AvgIpc) is 2.88. The molecule has 1 aliphatic heterocycles. The molecule has 3 aromatic rings. The van der Waals surface area contributed by atoms with E-state index < -0.39 is 23.8 Å². The van der Waals surface area contributed by atoms with E-state index in [1.54, 1.807) is 30.3 Å². The Hall–Kier alpha value is -4.34. The van der Waals surface area contributed by atoms with Crippen LogP contribution in [0.25, 0.3) is 6.08 Å². The fraction of sp³-hybridized carbons (Fsp3) is 0.0769. The molecule has 0 aromatic heterocycles. The van der Waals surface area contributed by atoms with E-state index in [0.29, 0.717) is 21.3 Å². The molecule has 11 heteroatoms. The van der Waals surface area contributed by atoms with Crippen molar-refractivity contribution in [2.45, 2.75) is 0 Å². The van der Waals surface area contributed by atoms with E-state index in [1.807, 2.05) is 0 Å². The molecule has 1 fully saturated rings. The van der Waals surface area contributed by atoms with Crippen LogP contribution in [0.1, 0.15) is 5.56 Å². The van der Waals surface area contributed by atoms with Gasteiger partial charge in [0.25, 0.3) is 17.7 Å². The Morgan fingerprint density at radius 2 is 1.73 bits per heavy atom. The molecular formula is C26H19Cl2N3O6. The van der Waals surface area contributed by atoms with E-state index in [2.05, 4.69) is 10.6 Å². The van der Waals surface area contributed by atoms with Crippen molar-refractivity contribution >= 4 is 64.4 Å². The number of nitrogens with one attached hydrogen (secondary N) is 2. The van der Waals surface area contributed by atoms with Crippen molar-refractivity contribution < 1.29 is 28.7 Å². The SMILES string of the molecule is COc1cc(/C=C2/C(=O)NC(=O)N(c3ccc(Cl)cc3)C2=O)ccc1OCC(=O)Nc1ccccc1Cl. The van der Waals surface area contributed by atoms with Crippen LogP contribution in [-0.4, -0.2) is 37.5 Å². The zero-order valence-corrected chi connectivity index (χ0v) is 20.8. The quantitative estimate of drug-likeness (QED) is 0.332. The first-order valence-electron chi connectivity index (χ1n) is 10.8. The highest BCUT2D eigenvalue weighted by atomic mass is 35.5. The highest BCUT2D eigenvalue weighted by Crippen LogP contribution is 2.30. The van der Waals surface area contributed by atoms with E-state index in [0.717, 1.165) is 4.90 Å². The van der Waals surface area contributed by atoms with Crippen molar-refractivity contribution in [3.8, 4) is 11.5 Å². The number of amides is 5. The Bertz CT molecular complexity index is 1420. The van der Waals surface area contributed by atoms with Gasteiger partial charge in [-0.3, -0.25) is 19.7 Å². The van der Waals surface area contributed by atoms with Gasteiger partial charge in [0, 0.05) is 5.02 Å². The summed E-state index contributed by atoms with van der Waals surface area (Å²) in [7, 11) is 1.41. The average molecular weight is 540 g/mol. The molecule has 2 N–H and O–H groups in total. The van der Waals surface area contributed by atoms with Gasteiger partial charge in [-0.25, -0.2) is 9.69 Å². The summed E-state index contributed by atoms with van der Waals surface area (Å²) in [5.41, 5.74) is 0.868. The number of barbiturate groups is 1. The molecule has 0 aliphatic carbocycles. The molecule has 37 heavy (non-hydrogen) atoms. The van der Waals surface area contributed by atoms with E-state index in [9.17, 15) is 19.2 Å². The van der Waals surface area contributed by atoms with Gasteiger partial charge in [0.2, 0.25) is 0 Å². The summed E-state index contributed by atoms with van der Waals surface area (Å²) in [5, 5.41) is 5.62. The number of rotatable bonds is 7. The molecule has 0 bridgehead atoms. The molecule has 4 rings (SSSR count). The summed E-state index contributed by atoms with van der Waals surface area (Å²) in [6, 6.07) is 16.6. The molecule has 5 amide bonds. The van der Waals surface area contributed by atoms with Crippen molar-refractivity contribution in [2.24, 2.45) is 0 Å². The van der Waals surface area contributed by atoms with Crippen molar-refractivity contribution in [1.29, 1.82) is 0 Å². The maximum atomic E-state index is 13.0. The number of ether oxygens (including phenoxy) is 2. The van der Waals surface area contributed by atoms with Gasteiger partial charge in [0.1, 0.15) is 5.57 Å². The lowest BCUT2D eigenvalue weighted by atomic mass is 10.1. The molecule has 188 valence electrons. The molecule has 0 spiro atoms. The number of anilines is 2. The molecular weight excluding hydrogens is 521 g/mol. The number of halogens is 2. The van der Waals surface area contributed by atoms with Gasteiger partial charge < -0.3 is 14.8 Å². The molecule has 1 heterocycles. The lowest BCUT2D eigenvalue weighted by molar-refractivity contribution is -0.122. The van der Waals surface area contributed by atoms with Crippen molar-refractivity contribution in [1.82, 2.24) is 5.32 Å². The Morgan fingerprint density at radius 1 is 1.00 bits per heavy atom. The first-order chi connectivity index (χ1) is 17.8. The summed E-state index contributed by atoms with van der Waals surface area (Å²) >= 11 is 11.9. The predicted molar refractivity (Wildman–Crippen MR) is 139 cm³/mol. The summed E-state index contributed by atoms with van der Waals surface area (Å²) in [6.07, 6.45) is 1.32. The van der Waals surface area contributed by atoms with Crippen LogP contribution in [0, 0.1) is 0 Å². The fourth-order valence-corrected chi connectivity index (χ4v) is 3.74. The Balaban J connectivity index is 1.51. The number of para-hydroxylation sites is 1. The van der Waals surface area contributed by atoms with Gasteiger partial charge in [0.15, 0.2) is 18.1 Å². The van der Waals surface area contributed by atoms with E-state index in [4.69, 9.17) is 32.7 Å². The number of imide groups is 2.